The van der Waals surface area contributed by atoms with Gasteiger partial charge in [-0.15, -0.1) is 0 Å². The minimum absolute atomic E-state index is 0.0371. The minimum atomic E-state index is -0.712. The Morgan fingerprint density at radius 1 is 1.42 bits per heavy atom. The summed E-state index contributed by atoms with van der Waals surface area (Å²) in [7, 11) is 0. The SMILES string of the molecule is Cc1nc(C)c(C(=O)N2CCCCC[C@H]2C[C@H](O)c2ccco2)o1. The van der Waals surface area contributed by atoms with Gasteiger partial charge in [0.25, 0.3) is 5.91 Å². The van der Waals surface area contributed by atoms with Gasteiger partial charge in [0, 0.05) is 25.9 Å². The van der Waals surface area contributed by atoms with E-state index in [2.05, 4.69) is 4.98 Å². The molecule has 0 spiro atoms. The Bertz CT molecular complexity index is 677. The fourth-order valence-electron chi connectivity index (χ4n) is 3.40. The summed E-state index contributed by atoms with van der Waals surface area (Å²) in [6.07, 6.45) is 5.27. The van der Waals surface area contributed by atoms with Crippen LogP contribution in [-0.2, 0) is 0 Å². The van der Waals surface area contributed by atoms with Gasteiger partial charge in [-0.2, -0.15) is 0 Å². The zero-order chi connectivity index (χ0) is 17.1. The second-order valence-electron chi connectivity index (χ2n) is 6.42. The van der Waals surface area contributed by atoms with Crippen molar-refractivity contribution in [2.45, 2.75) is 58.1 Å². The number of hydrogen-bond donors (Lipinski definition) is 1. The number of aryl methyl sites for hydroxylation is 2. The van der Waals surface area contributed by atoms with E-state index in [4.69, 9.17) is 8.83 Å². The number of carbonyl (C=O) groups is 1. The second-order valence-corrected chi connectivity index (χ2v) is 6.42. The molecule has 0 unspecified atom stereocenters. The Morgan fingerprint density at radius 3 is 2.92 bits per heavy atom. The van der Waals surface area contributed by atoms with Gasteiger partial charge in [-0.3, -0.25) is 4.79 Å². The molecule has 0 aromatic carbocycles. The molecular formula is C18H24N2O4. The second kappa shape index (κ2) is 7.21. The predicted molar refractivity (Wildman–Crippen MR) is 87.6 cm³/mol. The molecule has 0 bridgehead atoms. The first kappa shape index (κ1) is 16.8. The number of likely N-dealkylation sites (tertiary alicyclic amines) is 1. The number of aliphatic hydroxyl groups is 1. The number of rotatable bonds is 4. The number of nitrogens with zero attached hydrogens (tertiary/aromatic N) is 2. The molecule has 6 nitrogen and oxygen atoms in total. The van der Waals surface area contributed by atoms with Gasteiger partial charge in [0.1, 0.15) is 11.9 Å². The lowest BCUT2D eigenvalue weighted by Gasteiger charge is -2.30. The predicted octanol–water partition coefficient (Wildman–Crippen LogP) is 3.39. The van der Waals surface area contributed by atoms with Crippen molar-refractivity contribution in [3.05, 3.63) is 41.5 Å². The van der Waals surface area contributed by atoms with Crippen molar-refractivity contribution in [3.63, 3.8) is 0 Å². The van der Waals surface area contributed by atoms with Gasteiger partial charge in [0.05, 0.1) is 12.0 Å². The molecule has 3 rings (SSSR count). The molecule has 1 saturated heterocycles. The van der Waals surface area contributed by atoms with Crippen molar-refractivity contribution < 1.29 is 18.7 Å². The summed E-state index contributed by atoms with van der Waals surface area (Å²) in [4.78, 5) is 19.0. The average Bonchev–Trinajstić information content (AvgIpc) is 3.13. The summed E-state index contributed by atoms with van der Waals surface area (Å²) < 4.78 is 10.8. The average molecular weight is 332 g/mol. The Balaban J connectivity index is 1.79. The zero-order valence-corrected chi connectivity index (χ0v) is 14.2. The molecule has 2 atom stereocenters. The van der Waals surface area contributed by atoms with E-state index in [1.807, 2.05) is 4.90 Å². The summed E-state index contributed by atoms with van der Waals surface area (Å²) in [5.74, 6) is 1.22. The van der Waals surface area contributed by atoms with Crippen LogP contribution in [0.4, 0.5) is 0 Å². The fraction of sp³-hybridized carbons (Fsp3) is 0.556. The number of hydrogen-bond acceptors (Lipinski definition) is 5. The summed E-state index contributed by atoms with van der Waals surface area (Å²) in [6, 6.07) is 3.48. The molecular weight excluding hydrogens is 308 g/mol. The van der Waals surface area contributed by atoms with Crippen LogP contribution in [0.2, 0.25) is 0 Å². The lowest BCUT2D eigenvalue weighted by atomic mass is 10.0. The standard InChI is InChI=1S/C18H24N2O4/c1-12-17(24-13(2)19-12)18(22)20-9-5-3-4-7-14(20)11-15(21)16-8-6-10-23-16/h6,8,10,14-15,21H,3-5,7,9,11H2,1-2H3/t14-,15-/m0/s1. The first-order chi connectivity index (χ1) is 11.6. The minimum Gasteiger partial charge on any atom is -0.467 e. The lowest BCUT2D eigenvalue weighted by Crippen LogP contribution is -2.41. The molecule has 0 aliphatic carbocycles. The largest absolute Gasteiger partial charge is 0.467 e. The third-order valence-corrected chi connectivity index (χ3v) is 4.60. The van der Waals surface area contributed by atoms with E-state index >= 15 is 0 Å². The zero-order valence-electron chi connectivity index (χ0n) is 14.2. The van der Waals surface area contributed by atoms with Crippen molar-refractivity contribution in [1.29, 1.82) is 0 Å². The Kier molecular flexibility index (Phi) is 5.04. The smallest absolute Gasteiger partial charge is 0.291 e. The molecule has 3 heterocycles. The molecule has 1 aliphatic heterocycles. The summed E-state index contributed by atoms with van der Waals surface area (Å²) in [5.41, 5.74) is 0.618. The highest BCUT2D eigenvalue weighted by Crippen LogP contribution is 2.28. The molecule has 1 N–H and O–H groups in total. The van der Waals surface area contributed by atoms with Crippen LogP contribution in [0.1, 0.15) is 66.1 Å². The molecule has 24 heavy (non-hydrogen) atoms. The van der Waals surface area contributed by atoms with Crippen LogP contribution in [0, 0.1) is 13.8 Å². The molecule has 1 amide bonds. The highest BCUT2D eigenvalue weighted by Gasteiger charge is 2.31. The van der Waals surface area contributed by atoms with Gasteiger partial charge < -0.3 is 18.8 Å². The number of aliphatic hydroxyl groups excluding tert-OH is 1. The van der Waals surface area contributed by atoms with Crippen molar-refractivity contribution in [2.24, 2.45) is 0 Å². The van der Waals surface area contributed by atoms with Crippen LogP contribution in [0.25, 0.3) is 0 Å². The van der Waals surface area contributed by atoms with Gasteiger partial charge in [-0.05, 0) is 31.9 Å². The molecule has 2 aromatic rings. The van der Waals surface area contributed by atoms with Gasteiger partial charge in [-0.1, -0.05) is 12.8 Å². The Morgan fingerprint density at radius 2 is 2.25 bits per heavy atom. The van der Waals surface area contributed by atoms with E-state index in [0.717, 1.165) is 25.7 Å². The first-order valence-electron chi connectivity index (χ1n) is 8.52. The fourth-order valence-corrected chi connectivity index (χ4v) is 3.40. The van der Waals surface area contributed by atoms with Crippen LogP contribution in [-0.4, -0.2) is 33.5 Å². The van der Waals surface area contributed by atoms with Crippen molar-refractivity contribution >= 4 is 5.91 Å². The van der Waals surface area contributed by atoms with Gasteiger partial charge in [0.15, 0.2) is 5.89 Å². The van der Waals surface area contributed by atoms with Crippen LogP contribution in [0.3, 0.4) is 0 Å². The van der Waals surface area contributed by atoms with Crippen LogP contribution >= 0.6 is 0 Å². The van der Waals surface area contributed by atoms with E-state index in [9.17, 15) is 9.90 Å². The van der Waals surface area contributed by atoms with Gasteiger partial charge in [0.2, 0.25) is 5.76 Å². The van der Waals surface area contributed by atoms with E-state index in [1.165, 1.54) is 0 Å². The maximum Gasteiger partial charge on any atom is 0.291 e. The molecule has 1 fully saturated rings. The van der Waals surface area contributed by atoms with Crippen molar-refractivity contribution in [3.8, 4) is 0 Å². The molecule has 0 saturated carbocycles. The van der Waals surface area contributed by atoms with Gasteiger partial charge in [-0.25, -0.2) is 4.98 Å². The first-order valence-corrected chi connectivity index (χ1v) is 8.52. The molecule has 2 aromatic heterocycles. The van der Waals surface area contributed by atoms with E-state index in [1.54, 1.807) is 32.2 Å². The summed E-state index contributed by atoms with van der Waals surface area (Å²) in [6.45, 7) is 4.20. The third-order valence-electron chi connectivity index (χ3n) is 4.60. The van der Waals surface area contributed by atoms with E-state index in [-0.39, 0.29) is 11.9 Å². The normalized spacial score (nSPS) is 20.0. The van der Waals surface area contributed by atoms with E-state index in [0.29, 0.717) is 36.1 Å². The third kappa shape index (κ3) is 3.53. The maximum absolute atomic E-state index is 13.0. The number of furan rings is 1. The van der Waals surface area contributed by atoms with Crippen molar-refractivity contribution in [2.75, 3.05) is 6.54 Å². The van der Waals surface area contributed by atoms with Crippen LogP contribution in [0.5, 0.6) is 0 Å². The molecule has 1 aliphatic rings. The molecule has 6 heteroatoms. The summed E-state index contributed by atoms with van der Waals surface area (Å²) in [5, 5.41) is 10.4. The highest BCUT2D eigenvalue weighted by atomic mass is 16.4. The van der Waals surface area contributed by atoms with Crippen LogP contribution < -0.4 is 0 Å². The number of aromatic nitrogens is 1. The van der Waals surface area contributed by atoms with Crippen LogP contribution in [0.15, 0.2) is 27.2 Å². The number of amides is 1. The van der Waals surface area contributed by atoms with E-state index < -0.39 is 6.10 Å². The van der Waals surface area contributed by atoms with Gasteiger partial charge >= 0.3 is 0 Å². The Hall–Kier alpha value is -2.08. The molecule has 130 valence electrons. The Labute approximate surface area is 141 Å². The monoisotopic (exact) mass is 332 g/mol. The lowest BCUT2D eigenvalue weighted by molar-refractivity contribution is 0.0527. The number of carbonyl (C=O) groups excluding carboxylic acids is 1. The van der Waals surface area contributed by atoms with Crippen molar-refractivity contribution in [1.82, 2.24) is 9.88 Å². The number of oxazole rings is 1. The topological polar surface area (TPSA) is 79.7 Å². The quantitative estimate of drug-likeness (QED) is 0.928. The molecule has 0 radical (unpaired) electrons. The highest BCUT2D eigenvalue weighted by molar-refractivity contribution is 5.92. The summed E-state index contributed by atoms with van der Waals surface area (Å²) >= 11 is 0. The maximum atomic E-state index is 13.0.